The molecule has 14 heavy (non-hydrogen) atoms. The quantitative estimate of drug-likeness (QED) is 0.829. The molecule has 0 aliphatic carbocycles. The van der Waals surface area contributed by atoms with E-state index < -0.39 is 0 Å². The van der Waals surface area contributed by atoms with Crippen molar-refractivity contribution < 1.29 is 9.84 Å². The number of nitrogens with zero attached hydrogens (tertiary/aromatic N) is 1. The fourth-order valence-corrected chi connectivity index (χ4v) is 2.61. The highest BCUT2D eigenvalue weighted by atomic mass is 32.1. The van der Waals surface area contributed by atoms with Crippen molar-refractivity contribution in [2.24, 2.45) is 5.92 Å². The van der Waals surface area contributed by atoms with E-state index in [1.807, 2.05) is 0 Å². The number of aromatic nitrogens is 1. The van der Waals surface area contributed by atoms with Gasteiger partial charge in [0.05, 0.1) is 16.5 Å². The van der Waals surface area contributed by atoms with E-state index in [4.69, 9.17) is 9.84 Å². The number of hydrogen-bond acceptors (Lipinski definition) is 4. The third-order valence-electron chi connectivity index (χ3n) is 2.56. The minimum atomic E-state index is 0.117. The normalized spacial score (nSPS) is 18.6. The van der Waals surface area contributed by atoms with Crippen LogP contribution in [0, 0.1) is 5.92 Å². The Kier molecular flexibility index (Phi) is 3.50. The topological polar surface area (TPSA) is 42.4 Å². The predicted molar refractivity (Wildman–Crippen MR) is 55.3 cm³/mol. The Morgan fingerprint density at radius 3 is 2.93 bits per heavy atom. The van der Waals surface area contributed by atoms with Crippen LogP contribution in [0.2, 0.25) is 0 Å². The molecule has 1 fully saturated rings. The SMILES string of the molecule is OCc1cnc(CC2CCOCC2)s1. The third kappa shape index (κ3) is 2.53. The maximum absolute atomic E-state index is 8.91. The van der Waals surface area contributed by atoms with Gasteiger partial charge in [0.2, 0.25) is 0 Å². The molecule has 0 amide bonds. The van der Waals surface area contributed by atoms with E-state index in [2.05, 4.69) is 4.98 Å². The first-order valence-electron chi connectivity index (χ1n) is 5.00. The van der Waals surface area contributed by atoms with Crippen LogP contribution in [0.25, 0.3) is 0 Å². The summed E-state index contributed by atoms with van der Waals surface area (Å²) in [6.45, 7) is 1.90. The van der Waals surface area contributed by atoms with Gasteiger partial charge in [-0.15, -0.1) is 11.3 Å². The molecule has 4 heteroatoms. The largest absolute Gasteiger partial charge is 0.391 e. The molecule has 0 aromatic carbocycles. The number of ether oxygens (including phenoxy) is 1. The Morgan fingerprint density at radius 2 is 2.29 bits per heavy atom. The molecule has 78 valence electrons. The van der Waals surface area contributed by atoms with Crippen molar-refractivity contribution in [1.29, 1.82) is 0 Å². The van der Waals surface area contributed by atoms with Crippen molar-refractivity contribution in [3.63, 3.8) is 0 Å². The van der Waals surface area contributed by atoms with Crippen LogP contribution in [0.1, 0.15) is 22.7 Å². The van der Waals surface area contributed by atoms with E-state index in [1.165, 1.54) is 0 Å². The smallest absolute Gasteiger partial charge is 0.0931 e. The van der Waals surface area contributed by atoms with Crippen LogP contribution in [0.15, 0.2) is 6.20 Å². The maximum atomic E-state index is 8.91. The van der Waals surface area contributed by atoms with Gasteiger partial charge in [-0.25, -0.2) is 4.98 Å². The molecular weight excluding hydrogens is 198 g/mol. The van der Waals surface area contributed by atoms with Gasteiger partial charge in [0.15, 0.2) is 0 Å². The Hall–Kier alpha value is -0.450. The van der Waals surface area contributed by atoms with Gasteiger partial charge in [0, 0.05) is 25.8 Å². The average molecular weight is 213 g/mol. The van der Waals surface area contributed by atoms with Gasteiger partial charge in [-0.2, -0.15) is 0 Å². The molecule has 1 aromatic rings. The van der Waals surface area contributed by atoms with Gasteiger partial charge in [-0.1, -0.05) is 0 Å². The van der Waals surface area contributed by atoms with Crippen LogP contribution >= 0.6 is 11.3 Å². The highest BCUT2D eigenvalue weighted by Crippen LogP contribution is 2.22. The zero-order chi connectivity index (χ0) is 9.80. The predicted octanol–water partition coefficient (Wildman–Crippen LogP) is 1.60. The number of thiazole rings is 1. The summed E-state index contributed by atoms with van der Waals surface area (Å²) in [5.41, 5.74) is 0. The molecule has 1 aromatic heterocycles. The summed E-state index contributed by atoms with van der Waals surface area (Å²) in [4.78, 5) is 5.26. The molecule has 1 aliphatic rings. The molecule has 0 unspecified atom stereocenters. The van der Waals surface area contributed by atoms with E-state index in [9.17, 15) is 0 Å². The molecular formula is C10H15NO2S. The molecule has 0 spiro atoms. The maximum Gasteiger partial charge on any atom is 0.0931 e. The average Bonchev–Trinajstić information content (AvgIpc) is 2.67. The monoisotopic (exact) mass is 213 g/mol. The van der Waals surface area contributed by atoms with E-state index in [1.54, 1.807) is 17.5 Å². The molecule has 0 bridgehead atoms. The van der Waals surface area contributed by atoms with Crippen LogP contribution in [-0.2, 0) is 17.8 Å². The first kappa shape index (κ1) is 10.1. The van der Waals surface area contributed by atoms with Crippen LogP contribution in [0.3, 0.4) is 0 Å². The van der Waals surface area contributed by atoms with Crippen molar-refractivity contribution in [2.45, 2.75) is 25.9 Å². The van der Waals surface area contributed by atoms with Gasteiger partial charge in [0.1, 0.15) is 0 Å². The minimum absolute atomic E-state index is 0.117. The highest BCUT2D eigenvalue weighted by Gasteiger charge is 2.15. The second kappa shape index (κ2) is 4.87. The lowest BCUT2D eigenvalue weighted by molar-refractivity contribution is 0.0665. The Balaban J connectivity index is 1.89. The summed E-state index contributed by atoms with van der Waals surface area (Å²) in [6, 6.07) is 0. The Bertz CT molecular complexity index is 281. The van der Waals surface area contributed by atoms with Crippen molar-refractivity contribution >= 4 is 11.3 Å². The van der Waals surface area contributed by atoms with Crippen molar-refractivity contribution in [2.75, 3.05) is 13.2 Å². The molecule has 2 heterocycles. The molecule has 1 saturated heterocycles. The first-order valence-corrected chi connectivity index (χ1v) is 5.82. The Morgan fingerprint density at radius 1 is 1.50 bits per heavy atom. The standard InChI is InChI=1S/C10H15NO2S/c12-7-9-6-11-10(14-9)5-8-1-3-13-4-2-8/h6,8,12H,1-5,7H2. The lowest BCUT2D eigenvalue weighted by Gasteiger charge is -2.20. The second-order valence-corrected chi connectivity index (χ2v) is 4.84. The van der Waals surface area contributed by atoms with Gasteiger partial charge in [0.25, 0.3) is 0 Å². The lowest BCUT2D eigenvalue weighted by atomic mass is 9.97. The van der Waals surface area contributed by atoms with Crippen LogP contribution in [-0.4, -0.2) is 23.3 Å². The Labute approximate surface area is 87.7 Å². The zero-order valence-electron chi connectivity index (χ0n) is 8.11. The fourth-order valence-electron chi connectivity index (χ4n) is 1.71. The van der Waals surface area contributed by atoms with Crippen molar-refractivity contribution in [1.82, 2.24) is 4.98 Å². The third-order valence-corrected chi connectivity index (χ3v) is 3.57. The molecule has 3 nitrogen and oxygen atoms in total. The number of hydrogen-bond donors (Lipinski definition) is 1. The van der Waals surface area contributed by atoms with Crippen LogP contribution in [0.5, 0.6) is 0 Å². The molecule has 0 radical (unpaired) electrons. The zero-order valence-corrected chi connectivity index (χ0v) is 8.92. The summed E-state index contributed by atoms with van der Waals surface area (Å²) in [6.07, 6.45) is 5.12. The summed E-state index contributed by atoms with van der Waals surface area (Å²) in [5, 5.41) is 10.1. The lowest BCUT2D eigenvalue weighted by Crippen LogP contribution is -2.17. The fraction of sp³-hybridized carbons (Fsp3) is 0.700. The van der Waals surface area contributed by atoms with Gasteiger partial charge in [-0.3, -0.25) is 0 Å². The summed E-state index contributed by atoms with van der Waals surface area (Å²) >= 11 is 1.62. The van der Waals surface area contributed by atoms with E-state index in [-0.39, 0.29) is 6.61 Å². The van der Waals surface area contributed by atoms with E-state index in [0.717, 1.165) is 48.3 Å². The minimum Gasteiger partial charge on any atom is -0.391 e. The van der Waals surface area contributed by atoms with Gasteiger partial charge < -0.3 is 9.84 Å². The van der Waals surface area contributed by atoms with Gasteiger partial charge in [-0.05, 0) is 18.8 Å². The first-order chi connectivity index (χ1) is 6.88. The molecule has 2 rings (SSSR count). The van der Waals surface area contributed by atoms with Crippen molar-refractivity contribution in [3.8, 4) is 0 Å². The molecule has 1 N–H and O–H groups in total. The van der Waals surface area contributed by atoms with Crippen molar-refractivity contribution in [3.05, 3.63) is 16.1 Å². The molecule has 1 aliphatic heterocycles. The summed E-state index contributed by atoms with van der Waals surface area (Å²) in [5.74, 6) is 0.724. The van der Waals surface area contributed by atoms with E-state index >= 15 is 0 Å². The summed E-state index contributed by atoms with van der Waals surface area (Å²) in [7, 11) is 0. The van der Waals surface area contributed by atoms with Crippen LogP contribution in [0.4, 0.5) is 0 Å². The molecule has 0 saturated carbocycles. The highest BCUT2D eigenvalue weighted by molar-refractivity contribution is 7.11. The molecule has 0 atom stereocenters. The number of aliphatic hydroxyl groups is 1. The number of rotatable bonds is 3. The van der Waals surface area contributed by atoms with Gasteiger partial charge >= 0.3 is 0 Å². The summed E-state index contributed by atoms with van der Waals surface area (Å²) < 4.78 is 5.31. The van der Waals surface area contributed by atoms with Crippen LogP contribution < -0.4 is 0 Å². The number of aliphatic hydroxyl groups excluding tert-OH is 1. The van der Waals surface area contributed by atoms with E-state index in [0.29, 0.717) is 0 Å². The second-order valence-electron chi connectivity index (χ2n) is 3.64.